The first kappa shape index (κ1) is 25.7. The molecule has 0 aromatic heterocycles. The summed E-state index contributed by atoms with van der Waals surface area (Å²) in [7, 11) is 0. The molecule has 4 nitrogen and oxygen atoms in total. The highest BCUT2D eigenvalue weighted by molar-refractivity contribution is 6.31. The third kappa shape index (κ3) is 5.07. The molecule has 4 aromatic carbocycles. The van der Waals surface area contributed by atoms with Crippen LogP contribution in [0.1, 0.15) is 46.3 Å². The van der Waals surface area contributed by atoms with E-state index in [1.165, 1.54) is 22.3 Å². The summed E-state index contributed by atoms with van der Waals surface area (Å²) < 4.78 is 0. The fourth-order valence-corrected chi connectivity index (χ4v) is 6.66. The molecule has 1 aliphatic carbocycles. The number of nitrogens with zero attached hydrogens (tertiary/aromatic N) is 2. The Morgan fingerprint density at radius 3 is 2.23 bits per heavy atom. The van der Waals surface area contributed by atoms with E-state index in [1.54, 1.807) is 12.1 Å². The van der Waals surface area contributed by atoms with Gasteiger partial charge in [0.25, 0.3) is 0 Å². The molecular weight excluding hydrogens is 504 g/mol. The molecule has 0 fully saturated rings. The number of carbonyl (C=O) groups is 1. The van der Waals surface area contributed by atoms with Crippen molar-refractivity contribution in [1.29, 1.82) is 0 Å². The molecule has 2 unspecified atom stereocenters. The molecule has 39 heavy (non-hydrogen) atoms. The van der Waals surface area contributed by atoms with Crippen molar-refractivity contribution >= 4 is 17.5 Å². The van der Waals surface area contributed by atoms with E-state index >= 15 is 0 Å². The standard InChI is InChI=1S/C34H33ClN2O2/c1-23(36-18-17-25-10-4-5-14-30(25)33(36)31-15-6-7-16-32(31)35)34(39)37(22-24-9-8-13-29(38)19-24)28-20-26-11-2-3-12-27(26)21-28/h2-16,19,23,28,33,38H,17-18,20-22H2,1H3. The van der Waals surface area contributed by atoms with Crippen LogP contribution < -0.4 is 0 Å². The van der Waals surface area contributed by atoms with Crippen molar-refractivity contribution in [2.45, 2.75) is 50.9 Å². The van der Waals surface area contributed by atoms with E-state index in [0.29, 0.717) is 11.6 Å². The molecule has 1 aliphatic heterocycles. The Morgan fingerprint density at radius 2 is 1.54 bits per heavy atom. The molecule has 0 radical (unpaired) electrons. The fraction of sp³-hybridized carbons (Fsp3) is 0.265. The molecule has 1 amide bonds. The van der Waals surface area contributed by atoms with Gasteiger partial charge in [0.1, 0.15) is 5.75 Å². The van der Waals surface area contributed by atoms with E-state index in [-0.39, 0.29) is 29.8 Å². The monoisotopic (exact) mass is 536 g/mol. The predicted octanol–water partition coefficient (Wildman–Crippen LogP) is 6.58. The second-order valence-corrected chi connectivity index (χ2v) is 11.2. The number of phenols is 1. The molecule has 2 atom stereocenters. The van der Waals surface area contributed by atoms with Crippen molar-refractivity contribution in [3.63, 3.8) is 0 Å². The molecule has 0 saturated carbocycles. The molecule has 5 heteroatoms. The normalized spacial score (nSPS) is 17.8. The molecule has 0 bridgehead atoms. The average Bonchev–Trinajstić information content (AvgIpc) is 3.39. The van der Waals surface area contributed by atoms with E-state index in [2.05, 4.69) is 59.5 Å². The second-order valence-electron chi connectivity index (χ2n) is 10.8. The van der Waals surface area contributed by atoms with Crippen LogP contribution in [0.4, 0.5) is 0 Å². The third-order valence-electron chi connectivity index (χ3n) is 8.39. The molecular formula is C34H33ClN2O2. The van der Waals surface area contributed by atoms with Gasteiger partial charge in [0.05, 0.1) is 12.1 Å². The van der Waals surface area contributed by atoms with E-state index in [9.17, 15) is 9.90 Å². The predicted molar refractivity (Wildman–Crippen MR) is 156 cm³/mol. The van der Waals surface area contributed by atoms with Crippen molar-refractivity contribution in [3.8, 4) is 5.75 Å². The number of aromatic hydroxyl groups is 1. The maximum Gasteiger partial charge on any atom is 0.240 e. The van der Waals surface area contributed by atoms with Gasteiger partial charge in [-0.25, -0.2) is 0 Å². The van der Waals surface area contributed by atoms with Gasteiger partial charge in [-0.1, -0.05) is 90.5 Å². The number of hydrogen-bond acceptors (Lipinski definition) is 3. The zero-order valence-corrected chi connectivity index (χ0v) is 22.9. The number of carbonyl (C=O) groups excluding carboxylic acids is 1. The van der Waals surface area contributed by atoms with Gasteiger partial charge in [0, 0.05) is 24.2 Å². The smallest absolute Gasteiger partial charge is 0.240 e. The minimum atomic E-state index is -0.361. The Labute approximate surface area is 235 Å². The summed E-state index contributed by atoms with van der Waals surface area (Å²) >= 11 is 6.77. The lowest BCUT2D eigenvalue weighted by molar-refractivity contribution is -0.140. The minimum Gasteiger partial charge on any atom is -0.508 e. The van der Waals surface area contributed by atoms with E-state index in [4.69, 9.17) is 11.6 Å². The van der Waals surface area contributed by atoms with Gasteiger partial charge < -0.3 is 10.0 Å². The molecule has 4 aromatic rings. The summed E-state index contributed by atoms with van der Waals surface area (Å²) in [5, 5.41) is 10.9. The van der Waals surface area contributed by atoms with Gasteiger partial charge >= 0.3 is 0 Å². The highest BCUT2D eigenvalue weighted by Gasteiger charge is 2.39. The van der Waals surface area contributed by atoms with Crippen LogP contribution in [0.2, 0.25) is 5.02 Å². The lowest BCUT2D eigenvalue weighted by Crippen LogP contribution is -2.53. The van der Waals surface area contributed by atoms with Gasteiger partial charge in [0.2, 0.25) is 5.91 Å². The van der Waals surface area contributed by atoms with Crippen LogP contribution in [0.25, 0.3) is 0 Å². The van der Waals surface area contributed by atoms with Crippen molar-refractivity contribution in [2.75, 3.05) is 6.54 Å². The van der Waals surface area contributed by atoms with Crippen LogP contribution in [0, 0.1) is 0 Å². The summed E-state index contributed by atoms with van der Waals surface area (Å²) in [6.07, 6.45) is 2.56. The molecule has 6 rings (SSSR count). The number of halogens is 1. The first-order valence-corrected chi connectivity index (χ1v) is 14.1. The van der Waals surface area contributed by atoms with Crippen molar-refractivity contribution in [3.05, 3.63) is 135 Å². The second kappa shape index (κ2) is 10.9. The summed E-state index contributed by atoms with van der Waals surface area (Å²) in [6.45, 7) is 3.26. The highest BCUT2D eigenvalue weighted by atomic mass is 35.5. The highest BCUT2D eigenvalue weighted by Crippen LogP contribution is 2.40. The van der Waals surface area contributed by atoms with Crippen LogP contribution in [0.3, 0.4) is 0 Å². The Hall–Kier alpha value is -3.60. The van der Waals surface area contributed by atoms with E-state index < -0.39 is 0 Å². The average molecular weight is 537 g/mol. The van der Waals surface area contributed by atoms with Crippen LogP contribution in [0.15, 0.2) is 97.1 Å². The molecule has 198 valence electrons. The van der Waals surface area contributed by atoms with Crippen LogP contribution in [-0.2, 0) is 30.6 Å². The summed E-state index contributed by atoms with van der Waals surface area (Å²) in [5.41, 5.74) is 7.09. The number of phenolic OH excluding ortho intramolecular Hbond substituents is 1. The van der Waals surface area contributed by atoms with Crippen LogP contribution in [0.5, 0.6) is 5.75 Å². The van der Waals surface area contributed by atoms with Crippen LogP contribution in [-0.4, -0.2) is 39.4 Å². The molecule has 0 saturated heterocycles. The first-order chi connectivity index (χ1) is 19.0. The molecule has 1 heterocycles. The fourth-order valence-electron chi connectivity index (χ4n) is 6.42. The Balaban J connectivity index is 1.36. The zero-order chi connectivity index (χ0) is 26.9. The Morgan fingerprint density at radius 1 is 0.897 bits per heavy atom. The summed E-state index contributed by atoms with van der Waals surface area (Å²) in [6, 6.07) is 31.8. The van der Waals surface area contributed by atoms with Crippen molar-refractivity contribution in [2.24, 2.45) is 0 Å². The molecule has 0 spiro atoms. The topological polar surface area (TPSA) is 43.8 Å². The first-order valence-electron chi connectivity index (χ1n) is 13.7. The van der Waals surface area contributed by atoms with Crippen LogP contribution >= 0.6 is 11.6 Å². The molecule has 1 N–H and O–H groups in total. The maximum absolute atomic E-state index is 14.5. The Bertz CT molecular complexity index is 1480. The van der Waals surface area contributed by atoms with Crippen molar-refractivity contribution in [1.82, 2.24) is 9.80 Å². The van der Waals surface area contributed by atoms with Gasteiger partial charge in [-0.05, 0) is 77.8 Å². The zero-order valence-electron chi connectivity index (χ0n) is 22.1. The summed E-state index contributed by atoms with van der Waals surface area (Å²) in [5.74, 6) is 0.321. The molecule has 2 aliphatic rings. The number of amides is 1. The number of benzene rings is 4. The van der Waals surface area contributed by atoms with Gasteiger partial charge in [0.15, 0.2) is 0 Å². The minimum absolute atomic E-state index is 0.0653. The van der Waals surface area contributed by atoms with Crippen molar-refractivity contribution < 1.29 is 9.90 Å². The van der Waals surface area contributed by atoms with Gasteiger partial charge in [-0.3, -0.25) is 9.69 Å². The number of hydrogen-bond donors (Lipinski definition) is 1. The van der Waals surface area contributed by atoms with Gasteiger partial charge in [-0.2, -0.15) is 0 Å². The summed E-state index contributed by atoms with van der Waals surface area (Å²) in [4.78, 5) is 18.9. The third-order valence-corrected chi connectivity index (χ3v) is 8.74. The van der Waals surface area contributed by atoms with E-state index in [0.717, 1.165) is 36.9 Å². The Kier molecular flexibility index (Phi) is 7.16. The number of fused-ring (bicyclic) bond motifs is 2. The largest absolute Gasteiger partial charge is 0.508 e. The lowest BCUT2D eigenvalue weighted by atomic mass is 9.87. The van der Waals surface area contributed by atoms with Gasteiger partial charge in [-0.15, -0.1) is 0 Å². The SMILES string of the molecule is CC(C(=O)N(Cc1cccc(O)c1)C1Cc2ccccc2C1)N1CCc2ccccc2C1c1ccccc1Cl. The number of rotatable bonds is 6. The quantitative estimate of drug-likeness (QED) is 0.303. The maximum atomic E-state index is 14.5. The lowest BCUT2D eigenvalue weighted by Gasteiger charge is -2.43. The van der Waals surface area contributed by atoms with E-state index in [1.807, 2.05) is 42.2 Å².